The second kappa shape index (κ2) is 8.53. The predicted molar refractivity (Wildman–Crippen MR) is 130 cm³/mol. The summed E-state index contributed by atoms with van der Waals surface area (Å²) in [4.78, 5) is 0. The maximum Gasteiger partial charge on any atom is 0.138 e. The molecule has 1 aliphatic heterocycles. The molecule has 0 amide bonds. The lowest BCUT2D eigenvalue weighted by atomic mass is 9.82. The van der Waals surface area contributed by atoms with Gasteiger partial charge in [0, 0.05) is 29.3 Å². The summed E-state index contributed by atoms with van der Waals surface area (Å²) in [5, 5.41) is 60.6. The molecule has 7 heteroatoms. The van der Waals surface area contributed by atoms with Crippen molar-refractivity contribution in [3.05, 3.63) is 101 Å². The van der Waals surface area contributed by atoms with Crippen molar-refractivity contribution in [1.82, 2.24) is 0 Å². The van der Waals surface area contributed by atoms with Crippen LogP contribution in [0.1, 0.15) is 39.8 Å². The second-order valence-corrected chi connectivity index (χ2v) is 8.41. The second-order valence-electron chi connectivity index (χ2n) is 8.41. The molecule has 1 heterocycles. The fourth-order valence-electron chi connectivity index (χ4n) is 4.48. The molecule has 0 spiro atoms. The number of benzene rings is 4. The van der Waals surface area contributed by atoms with Gasteiger partial charge in [0.1, 0.15) is 46.4 Å². The Morgan fingerprint density at radius 1 is 0.600 bits per heavy atom. The van der Waals surface area contributed by atoms with E-state index in [0.717, 1.165) is 5.56 Å². The molecule has 0 bridgehead atoms. The fourth-order valence-corrected chi connectivity index (χ4v) is 4.48. The summed E-state index contributed by atoms with van der Waals surface area (Å²) in [6, 6.07) is 18.1. The first-order valence-electron chi connectivity index (χ1n) is 10.8. The number of ether oxygens (including phenoxy) is 1. The van der Waals surface area contributed by atoms with Gasteiger partial charge in [-0.15, -0.1) is 0 Å². The smallest absolute Gasteiger partial charge is 0.138 e. The molecule has 35 heavy (non-hydrogen) atoms. The van der Waals surface area contributed by atoms with Crippen LogP contribution in [0.5, 0.6) is 40.2 Å². The first-order valence-corrected chi connectivity index (χ1v) is 10.8. The average molecular weight is 470 g/mol. The molecule has 1 aliphatic rings. The zero-order valence-corrected chi connectivity index (χ0v) is 18.3. The average Bonchev–Trinajstić information content (AvgIpc) is 3.17. The van der Waals surface area contributed by atoms with Crippen molar-refractivity contribution in [3.63, 3.8) is 0 Å². The minimum atomic E-state index is -0.783. The topological polar surface area (TPSA) is 131 Å². The Hall–Kier alpha value is -4.78. The molecule has 6 N–H and O–H groups in total. The summed E-state index contributed by atoms with van der Waals surface area (Å²) in [5.74, 6) is -0.647. The molecule has 4 aromatic rings. The quantitative estimate of drug-likeness (QED) is 0.222. The number of phenols is 6. The third-order valence-electron chi connectivity index (χ3n) is 5.98. The molecule has 0 saturated carbocycles. The Kier molecular flexibility index (Phi) is 5.37. The van der Waals surface area contributed by atoms with E-state index in [4.69, 9.17) is 4.74 Å². The van der Waals surface area contributed by atoms with Crippen LogP contribution in [0.3, 0.4) is 0 Å². The van der Waals surface area contributed by atoms with E-state index in [-0.39, 0.29) is 34.5 Å². The van der Waals surface area contributed by atoms with Crippen LogP contribution in [0.2, 0.25) is 0 Å². The first kappa shape index (κ1) is 22.0. The summed E-state index contributed by atoms with van der Waals surface area (Å²) < 4.78 is 6.22. The molecule has 0 saturated heterocycles. The van der Waals surface area contributed by atoms with E-state index in [2.05, 4.69) is 0 Å². The van der Waals surface area contributed by atoms with Gasteiger partial charge in [-0.25, -0.2) is 0 Å². The van der Waals surface area contributed by atoms with E-state index in [9.17, 15) is 30.6 Å². The Morgan fingerprint density at radius 2 is 1.26 bits per heavy atom. The maximum atomic E-state index is 10.6. The van der Waals surface area contributed by atoms with Gasteiger partial charge in [0.2, 0.25) is 0 Å². The van der Waals surface area contributed by atoms with Gasteiger partial charge in [0.15, 0.2) is 0 Å². The van der Waals surface area contributed by atoms with Crippen LogP contribution in [0.15, 0.2) is 72.8 Å². The predicted octanol–water partition coefficient (Wildman–Crippen LogP) is 5.36. The molecule has 4 aromatic carbocycles. The van der Waals surface area contributed by atoms with E-state index in [1.165, 1.54) is 36.4 Å². The zero-order chi connectivity index (χ0) is 24.7. The Bertz CT molecular complexity index is 1420. The van der Waals surface area contributed by atoms with Crippen molar-refractivity contribution in [3.8, 4) is 40.2 Å². The standard InChI is InChI=1S/C28H22O7/c29-18-5-2-15(3-6-18)1-4-16-9-22(33)14-25-26(16)27(17-10-20(31)12-21(32)11-17)28(35-25)23-8-7-19(30)13-24(23)34/h1-14,27-34H/b4-1+/t27-,28-/m0/s1. The lowest BCUT2D eigenvalue weighted by Crippen LogP contribution is -2.12. The summed E-state index contributed by atoms with van der Waals surface area (Å²) in [6.45, 7) is 0. The van der Waals surface area contributed by atoms with Crippen molar-refractivity contribution >= 4 is 12.2 Å². The fraction of sp³-hybridized carbons (Fsp3) is 0.0714. The van der Waals surface area contributed by atoms with Crippen molar-refractivity contribution in [1.29, 1.82) is 0 Å². The third kappa shape index (κ3) is 4.27. The van der Waals surface area contributed by atoms with Crippen molar-refractivity contribution in [2.75, 3.05) is 0 Å². The molecule has 0 fully saturated rings. The summed E-state index contributed by atoms with van der Waals surface area (Å²) in [6.07, 6.45) is 2.83. The third-order valence-corrected chi connectivity index (χ3v) is 5.98. The normalized spacial score (nSPS) is 16.8. The van der Waals surface area contributed by atoms with Crippen molar-refractivity contribution in [2.45, 2.75) is 12.0 Å². The SMILES string of the molecule is Oc1ccc(/C=C/c2cc(O)cc3c2[C@H](c2cc(O)cc(O)c2)[C@H](c2ccc(O)cc2O)O3)cc1. The summed E-state index contributed by atoms with van der Waals surface area (Å²) in [7, 11) is 0. The van der Waals surface area contributed by atoms with Crippen LogP contribution in [-0.4, -0.2) is 30.6 Å². The van der Waals surface area contributed by atoms with Gasteiger partial charge in [-0.05, 0) is 59.2 Å². The summed E-state index contributed by atoms with van der Waals surface area (Å²) in [5.41, 5.74) is 3.04. The number of phenolic OH excluding ortho intramolecular Hbond substituents is 6. The molecule has 0 radical (unpaired) electrons. The molecule has 2 atom stereocenters. The zero-order valence-electron chi connectivity index (χ0n) is 18.3. The largest absolute Gasteiger partial charge is 0.508 e. The van der Waals surface area contributed by atoms with Gasteiger partial charge in [-0.1, -0.05) is 24.3 Å². The molecule has 5 rings (SSSR count). The highest BCUT2D eigenvalue weighted by atomic mass is 16.5. The maximum absolute atomic E-state index is 10.6. The number of fused-ring (bicyclic) bond motifs is 1. The highest BCUT2D eigenvalue weighted by Gasteiger charge is 2.40. The van der Waals surface area contributed by atoms with Gasteiger partial charge >= 0.3 is 0 Å². The van der Waals surface area contributed by atoms with E-state index in [1.54, 1.807) is 42.5 Å². The highest BCUT2D eigenvalue weighted by Crippen LogP contribution is 2.54. The minimum Gasteiger partial charge on any atom is -0.508 e. The Balaban J connectivity index is 1.69. The van der Waals surface area contributed by atoms with Gasteiger partial charge in [0.05, 0.1) is 5.92 Å². The van der Waals surface area contributed by atoms with Crippen LogP contribution in [-0.2, 0) is 0 Å². The lowest BCUT2D eigenvalue weighted by Gasteiger charge is -2.22. The Morgan fingerprint density at radius 3 is 1.94 bits per heavy atom. The number of rotatable bonds is 4. The lowest BCUT2D eigenvalue weighted by molar-refractivity contribution is 0.216. The number of aromatic hydroxyl groups is 6. The van der Waals surface area contributed by atoms with Gasteiger partial charge in [-0.2, -0.15) is 0 Å². The van der Waals surface area contributed by atoms with Gasteiger partial charge in [-0.3, -0.25) is 0 Å². The van der Waals surface area contributed by atoms with Gasteiger partial charge in [0.25, 0.3) is 0 Å². The van der Waals surface area contributed by atoms with Crippen molar-refractivity contribution in [2.24, 2.45) is 0 Å². The highest BCUT2D eigenvalue weighted by molar-refractivity contribution is 5.75. The molecule has 7 nitrogen and oxygen atoms in total. The molecule has 176 valence electrons. The van der Waals surface area contributed by atoms with Crippen LogP contribution < -0.4 is 4.74 Å². The van der Waals surface area contributed by atoms with E-state index in [0.29, 0.717) is 28.0 Å². The summed E-state index contributed by atoms with van der Waals surface area (Å²) >= 11 is 0. The van der Waals surface area contributed by atoms with E-state index in [1.807, 2.05) is 6.08 Å². The van der Waals surface area contributed by atoms with Crippen molar-refractivity contribution < 1.29 is 35.4 Å². The molecule has 0 aromatic heterocycles. The first-order chi connectivity index (χ1) is 16.8. The molecule has 0 unspecified atom stereocenters. The van der Waals surface area contributed by atoms with Crippen LogP contribution in [0, 0.1) is 0 Å². The van der Waals surface area contributed by atoms with Crippen LogP contribution in [0.25, 0.3) is 12.2 Å². The molecular formula is C28H22O7. The number of hydrogen-bond acceptors (Lipinski definition) is 7. The van der Waals surface area contributed by atoms with Crippen LogP contribution in [0.4, 0.5) is 0 Å². The van der Waals surface area contributed by atoms with Gasteiger partial charge < -0.3 is 35.4 Å². The Labute approximate surface area is 200 Å². The minimum absolute atomic E-state index is 0.0257. The van der Waals surface area contributed by atoms with E-state index >= 15 is 0 Å². The molecule has 0 aliphatic carbocycles. The monoisotopic (exact) mass is 470 g/mol. The van der Waals surface area contributed by atoms with Crippen LogP contribution >= 0.6 is 0 Å². The molecular weight excluding hydrogens is 448 g/mol. The number of hydrogen-bond donors (Lipinski definition) is 6. The van der Waals surface area contributed by atoms with E-state index < -0.39 is 12.0 Å².